The standard InChI is InChI=1S/C17H36N4O.HI/c1-6-18-17(19-10-8-7-9-11-22-5)20-16-13-21(14(2)3)12-15(16)4;/h14-16H,6-13H2,1-5H3,(H2,18,19,20);1H. The second-order valence-electron chi connectivity index (χ2n) is 6.59. The second kappa shape index (κ2) is 13.2. The van der Waals surface area contributed by atoms with E-state index in [2.05, 4.69) is 43.2 Å². The lowest BCUT2D eigenvalue weighted by Gasteiger charge is -2.21. The topological polar surface area (TPSA) is 48.9 Å². The second-order valence-corrected chi connectivity index (χ2v) is 6.59. The Kier molecular flexibility index (Phi) is 13.2. The van der Waals surface area contributed by atoms with Gasteiger partial charge in [-0.1, -0.05) is 6.92 Å². The number of guanidine groups is 1. The molecule has 1 saturated heterocycles. The van der Waals surface area contributed by atoms with Crippen LogP contribution in [0.15, 0.2) is 4.99 Å². The third kappa shape index (κ3) is 9.10. The maximum atomic E-state index is 5.07. The van der Waals surface area contributed by atoms with E-state index in [0.717, 1.165) is 45.0 Å². The van der Waals surface area contributed by atoms with Gasteiger partial charge in [0.1, 0.15) is 0 Å². The highest BCUT2D eigenvalue weighted by molar-refractivity contribution is 14.0. The molecule has 0 aromatic rings. The lowest BCUT2D eigenvalue weighted by Crippen LogP contribution is -2.46. The first kappa shape index (κ1) is 22.9. The highest BCUT2D eigenvalue weighted by Crippen LogP contribution is 2.18. The summed E-state index contributed by atoms with van der Waals surface area (Å²) >= 11 is 0. The Morgan fingerprint density at radius 3 is 2.57 bits per heavy atom. The lowest BCUT2D eigenvalue weighted by molar-refractivity contribution is 0.192. The molecule has 0 bridgehead atoms. The van der Waals surface area contributed by atoms with Crippen LogP contribution in [0, 0.1) is 5.92 Å². The molecule has 138 valence electrons. The molecule has 0 saturated carbocycles. The predicted octanol–water partition coefficient (Wildman–Crippen LogP) is 2.70. The van der Waals surface area contributed by atoms with Gasteiger partial charge in [0.2, 0.25) is 0 Å². The van der Waals surface area contributed by atoms with Gasteiger partial charge in [0, 0.05) is 52.0 Å². The minimum atomic E-state index is 0. The Morgan fingerprint density at radius 1 is 1.26 bits per heavy atom. The minimum Gasteiger partial charge on any atom is -0.385 e. The molecule has 0 radical (unpaired) electrons. The zero-order valence-corrected chi connectivity index (χ0v) is 17.9. The molecule has 0 aromatic carbocycles. The molecular weight excluding hydrogens is 403 g/mol. The minimum absolute atomic E-state index is 0. The van der Waals surface area contributed by atoms with Gasteiger partial charge >= 0.3 is 0 Å². The van der Waals surface area contributed by atoms with Crippen LogP contribution in [0.4, 0.5) is 0 Å². The van der Waals surface area contributed by atoms with Crippen LogP contribution < -0.4 is 10.6 Å². The Bertz CT molecular complexity index is 326. The Hall–Kier alpha value is -0.0800. The molecule has 0 amide bonds. The van der Waals surface area contributed by atoms with Gasteiger partial charge in [-0.3, -0.25) is 9.89 Å². The van der Waals surface area contributed by atoms with Gasteiger partial charge in [0.25, 0.3) is 0 Å². The average Bonchev–Trinajstić information content (AvgIpc) is 2.84. The summed E-state index contributed by atoms with van der Waals surface area (Å²) in [5.41, 5.74) is 0. The summed E-state index contributed by atoms with van der Waals surface area (Å²) in [6.45, 7) is 13.9. The number of ether oxygens (including phenoxy) is 1. The molecule has 0 aromatic heterocycles. The normalized spacial score (nSPS) is 22.3. The number of nitrogens with one attached hydrogen (secondary N) is 2. The first-order valence-electron chi connectivity index (χ1n) is 8.86. The number of halogens is 1. The van der Waals surface area contributed by atoms with Crippen LogP contribution in [0.2, 0.25) is 0 Å². The van der Waals surface area contributed by atoms with E-state index in [1.54, 1.807) is 7.11 Å². The summed E-state index contributed by atoms with van der Waals surface area (Å²) in [4.78, 5) is 7.25. The Labute approximate surface area is 160 Å². The van der Waals surface area contributed by atoms with Crippen molar-refractivity contribution < 1.29 is 4.74 Å². The monoisotopic (exact) mass is 440 g/mol. The molecule has 1 fully saturated rings. The third-order valence-electron chi connectivity index (χ3n) is 4.31. The van der Waals surface area contributed by atoms with E-state index in [9.17, 15) is 0 Å². The molecule has 1 rings (SSSR count). The summed E-state index contributed by atoms with van der Waals surface area (Å²) < 4.78 is 5.07. The molecule has 2 unspecified atom stereocenters. The lowest BCUT2D eigenvalue weighted by atomic mass is 10.1. The molecule has 2 N–H and O–H groups in total. The number of likely N-dealkylation sites (tertiary alicyclic amines) is 1. The first-order chi connectivity index (χ1) is 10.6. The largest absolute Gasteiger partial charge is 0.385 e. The fourth-order valence-corrected chi connectivity index (χ4v) is 2.84. The van der Waals surface area contributed by atoms with Crippen LogP contribution in [0.1, 0.15) is 47.0 Å². The van der Waals surface area contributed by atoms with Gasteiger partial charge in [-0.2, -0.15) is 0 Å². The Balaban J connectivity index is 0.00000484. The molecule has 0 spiro atoms. The van der Waals surface area contributed by atoms with Crippen molar-refractivity contribution in [2.24, 2.45) is 10.9 Å². The van der Waals surface area contributed by atoms with Crippen LogP contribution in [-0.2, 0) is 4.74 Å². The van der Waals surface area contributed by atoms with Gasteiger partial charge in [-0.05, 0) is 46.0 Å². The highest BCUT2D eigenvalue weighted by atomic mass is 127. The molecule has 23 heavy (non-hydrogen) atoms. The van der Waals surface area contributed by atoms with Gasteiger partial charge in [-0.15, -0.1) is 24.0 Å². The molecule has 5 nitrogen and oxygen atoms in total. The van der Waals surface area contributed by atoms with Crippen LogP contribution in [0.3, 0.4) is 0 Å². The summed E-state index contributed by atoms with van der Waals surface area (Å²) in [5.74, 6) is 1.63. The van der Waals surface area contributed by atoms with Crippen molar-refractivity contribution >= 4 is 29.9 Å². The fourth-order valence-electron chi connectivity index (χ4n) is 2.84. The van der Waals surface area contributed by atoms with Crippen molar-refractivity contribution in [1.82, 2.24) is 15.5 Å². The van der Waals surface area contributed by atoms with Gasteiger partial charge in [0.05, 0.1) is 0 Å². The average molecular weight is 440 g/mol. The maximum absolute atomic E-state index is 5.07. The van der Waals surface area contributed by atoms with Crippen molar-refractivity contribution in [1.29, 1.82) is 0 Å². The Morgan fingerprint density at radius 2 is 2.00 bits per heavy atom. The summed E-state index contributed by atoms with van der Waals surface area (Å²) in [6, 6.07) is 1.11. The molecule has 1 aliphatic rings. The third-order valence-corrected chi connectivity index (χ3v) is 4.31. The van der Waals surface area contributed by atoms with E-state index in [-0.39, 0.29) is 24.0 Å². The fraction of sp³-hybridized carbons (Fsp3) is 0.941. The van der Waals surface area contributed by atoms with Crippen LogP contribution in [-0.4, -0.2) is 62.8 Å². The number of unbranched alkanes of at least 4 members (excludes halogenated alkanes) is 2. The van der Waals surface area contributed by atoms with Crippen molar-refractivity contribution in [3.05, 3.63) is 0 Å². The first-order valence-corrected chi connectivity index (χ1v) is 8.86. The van der Waals surface area contributed by atoms with E-state index >= 15 is 0 Å². The van der Waals surface area contributed by atoms with Crippen LogP contribution in [0.25, 0.3) is 0 Å². The molecule has 2 atom stereocenters. The number of hydrogen-bond donors (Lipinski definition) is 2. The van der Waals surface area contributed by atoms with E-state index in [1.165, 1.54) is 13.0 Å². The number of aliphatic imine (C=N–C) groups is 1. The zero-order chi connectivity index (χ0) is 16.4. The van der Waals surface area contributed by atoms with E-state index in [4.69, 9.17) is 9.73 Å². The van der Waals surface area contributed by atoms with Crippen molar-refractivity contribution in [3.8, 4) is 0 Å². The predicted molar refractivity (Wildman–Crippen MR) is 110 cm³/mol. The SMILES string of the molecule is CCNC(=NCCCCCOC)NC1CN(C(C)C)CC1C.I. The van der Waals surface area contributed by atoms with E-state index in [0.29, 0.717) is 18.0 Å². The number of methoxy groups -OCH3 is 1. The van der Waals surface area contributed by atoms with Crippen molar-refractivity contribution in [2.45, 2.75) is 59.0 Å². The molecule has 0 aliphatic carbocycles. The summed E-state index contributed by atoms with van der Waals surface area (Å²) in [6.07, 6.45) is 3.43. The molecular formula is C17H37IN4O. The van der Waals surface area contributed by atoms with Gasteiger partial charge < -0.3 is 15.4 Å². The van der Waals surface area contributed by atoms with Crippen molar-refractivity contribution in [2.75, 3.05) is 39.9 Å². The number of hydrogen-bond acceptors (Lipinski definition) is 3. The van der Waals surface area contributed by atoms with Crippen LogP contribution >= 0.6 is 24.0 Å². The maximum Gasteiger partial charge on any atom is 0.191 e. The smallest absolute Gasteiger partial charge is 0.191 e. The van der Waals surface area contributed by atoms with Gasteiger partial charge in [-0.25, -0.2) is 0 Å². The van der Waals surface area contributed by atoms with Crippen molar-refractivity contribution in [3.63, 3.8) is 0 Å². The van der Waals surface area contributed by atoms with Gasteiger partial charge in [0.15, 0.2) is 5.96 Å². The summed E-state index contributed by atoms with van der Waals surface area (Å²) in [5, 5.41) is 7.00. The summed E-state index contributed by atoms with van der Waals surface area (Å²) in [7, 11) is 1.76. The molecule has 6 heteroatoms. The quantitative estimate of drug-likeness (QED) is 0.251. The number of nitrogens with zero attached hydrogens (tertiary/aromatic N) is 2. The molecule has 1 aliphatic heterocycles. The number of rotatable bonds is 9. The van der Waals surface area contributed by atoms with E-state index < -0.39 is 0 Å². The van der Waals surface area contributed by atoms with E-state index in [1.807, 2.05) is 0 Å². The highest BCUT2D eigenvalue weighted by Gasteiger charge is 2.31. The zero-order valence-electron chi connectivity index (χ0n) is 15.6. The molecule has 1 heterocycles. The van der Waals surface area contributed by atoms with Crippen LogP contribution in [0.5, 0.6) is 0 Å².